The van der Waals surface area contributed by atoms with Crippen molar-refractivity contribution in [2.45, 2.75) is 25.3 Å². The topological polar surface area (TPSA) is 92.8 Å². The summed E-state index contributed by atoms with van der Waals surface area (Å²) in [5.41, 5.74) is 7.85. The fraction of sp³-hybridized carbons (Fsp3) is 0.250. The number of furan rings is 2. The van der Waals surface area contributed by atoms with E-state index in [1.54, 1.807) is 12.1 Å². The molecule has 30 heavy (non-hydrogen) atoms. The van der Waals surface area contributed by atoms with E-state index in [0.29, 0.717) is 27.7 Å². The molecule has 0 spiro atoms. The fourth-order valence-electron chi connectivity index (χ4n) is 3.37. The highest BCUT2D eigenvalue weighted by Crippen LogP contribution is 2.29. The highest BCUT2D eigenvalue weighted by atomic mass is 35.5. The summed E-state index contributed by atoms with van der Waals surface area (Å²) in [5, 5.41) is 21.3. The van der Waals surface area contributed by atoms with Crippen LogP contribution >= 0.6 is 11.6 Å². The molecule has 0 atom stereocenters. The lowest BCUT2D eigenvalue weighted by atomic mass is 10.00. The fourth-order valence-corrected chi connectivity index (χ4v) is 3.66. The zero-order chi connectivity index (χ0) is 21.3. The maximum absolute atomic E-state index is 9.47. The number of nitrogens with two attached hydrogens (primary N) is 1. The van der Waals surface area contributed by atoms with E-state index in [-0.39, 0.29) is 0 Å². The van der Waals surface area contributed by atoms with Gasteiger partial charge in [-0.05, 0) is 54.3 Å². The summed E-state index contributed by atoms with van der Waals surface area (Å²) in [6, 6.07) is 13.1. The normalized spacial score (nSPS) is 11.8. The van der Waals surface area contributed by atoms with Crippen molar-refractivity contribution in [3.8, 4) is 11.8 Å². The molecule has 154 valence electrons. The van der Waals surface area contributed by atoms with Gasteiger partial charge in [0, 0.05) is 22.4 Å². The minimum Gasteiger partial charge on any atom is -0.459 e. The molecule has 0 radical (unpaired) electrons. The summed E-state index contributed by atoms with van der Waals surface area (Å²) in [6.45, 7) is 1.28. The van der Waals surface area contributed by atoms with E-state index < -0.39 is 18.8 Å². The third-order valence-electron chi connectivity index (χ3n) is 5.07. The molecule has 2 heterocycles. The van der Waals surface area contributed by atoms with Gasteiger partial charge in [0.1, 0.15) is 16.9 Å². The first-order valence-electron chi connectivity index (χ1n) is 9.74. The first-order valence-corrected chi connectivity index (χ1v) is 10.1. The molecule has 4 rings (SSSR count). The van der Waals surface area contributed by atoms with Crippen LogP contribution in [-0.4, -0.2) is 23.4 Å². The first-order chi connectivity index (χ1) is 14.5. The van der Waals surface area contributed by atoms with Gasteiger partial charge < -0.3 is 24.8 Å². The predicted octanol–water partition coefficient (Wildman–Crippen LogP) is 4.32. The Hall–Kier alpha value is -2.75. The number of hydrogen-bond donors (Lipinski definition) is 3. The first kappa shape index (κ1) is 20.5. The van der Waals surface area contributed by atoms with Crippen LogP contribution in [-0.2, 0) is 12.0 Å². The maximum atomic E-state index is 9.47. The average Bonchev–Trinajstić information content (AvgIpc) is 3.36. The van der Waals surface area contributed by atoms with E-state index in [2.05, 4.69) is 24.8 Å². The molecule has 0 aliphatic carbocycles. The number of rotatable bonds is 5. The molecule has 6 heteroatoms. The third kappa shape index (κ3) is 3.83. The molecule has 0 fully saturated rings. The van der Waals surface area contributed by atoms with Gasteiger partial charge in [0.25, 0.3) is 0 Å². The van der Waals surface area contributed by atoms with Gasteiger partial charge in [-0.2, -0.15) is 0 Å². The van der Waals surface area contributed by atoms with Crippen LogP contribution in [0.4, 0.5) is 0 Å². The molecule has 0 aliphatic heterocycles. The Morgan fingerprint density at radius 1 is 1.00 bits per heavy atom. The van der Waals surface area contributed by atoms with Crippen molar-refractivity contribution >= 4 is 33.5 Å². The van der Waals surface area contributed by atoms with E-state index in [4.69, 9.17) is 26.2 Å². The van der Waals surface area contributed by atoms with Crippen molar-refractivity contribution in [1.82, 2.24) is 0 Å². The number of hydrogen-bond acceptors (Lipinski definition) is 5. The van der Waals surface area contributed by atoms with E-state index >= 15 is 0 Å². The van der Waals surface area contributed by atoms with Gasteiger partial charge in [0.05, 0.1) is 18.2 Å². The molecular weight excluding hydrogens is 402 g/mol. The summed E-state index contributed by atoms with van der Waals surface area (Å²) in [6.07, 6.45) is 2.01. The Balaban J connectivity index is 1.66. The van der Waals surface area contributed by atoms with E-state index in [1.807, 2.05) is 24.3 Å². The summed E-state index contributed by atoms with van der Waals surface area (Å²) < 4.78 is 11.5. The maximum Gasteiger partial charge on any atom is 0.178 e. The molecule has 0 saturated carbocycles. The Kier molecular flexibility index (Phi) is 5.59. The van der Waals surface area contributed by atoms with Gasteiger partial charge in [0.15, 0.2) is 11.3 Å². The summed E-state index contributed by atoms with van der Waals surface area (Å²) in [7, 11) is 0. The van der Waals surface area contributed by atoms with E-state index in [9.17, 15) is 10.2 Å². The lowest BCUT2D eigenvalue weighted by molar-refractivity contribution is 0.105. The Morgan fingerprint density at radius 3 is 2.53 bits per heavy atom. The highest BCUT2D eigenvalue weighted by Gasteiger charge is 2.29. The van der Waals surface area contributed by atoms with Crippen LogP contribution in [0.5, 0.6) is 0 Å². The van der Waals surface area contributed by atoms with Crippen molar-refractivity contribution in [2.24, 2.45) is 5.73 Å². The standard InChI is InChI=1S/C24H22ClNO4/c1-2-3-16-9-18-11-19(29-23(18)20(25)10-16)6-4-15-5-7-21-17(8-15)12-22(30-21)24(26,13-27)14-28/h5,7-12,27-28H,2-3,13-14,26H2,1H3. The third-order valence-corrected chi connectivity index (χ3v) is 5.35. The molecular formula is C24H22ClNO4. The molecule has 5 nitrogen and oxygen atoms in total. The number of benzene rings is 2. The molecule has 2 aromatic carbocycles. The van der Waals surface area contributed by atoms with Crippen LogP contribution in [0.2, 0.25) is 5.02 Å². The van der Waals surface area contributed by atoms with E-state index in [1.165, 1.54) is 5.56 Å². The molecule has 0 unspecified atom stereocenters. The zero-order valence-corrected chi connectivity index (χ0v) is 17.3. The lowest BCUT2D eigenvalue weighted by Gasteiger charge is -2.21. The monoisotopic (exact) mass is 423 g/mol. The van der Waals surface area contributed by atoms with Gasteiger partial charge >= 0.3 is 0 Å². The Labute approximate surface area is 179 Å². The van der Waals surface area contributed by atoms with Crippen LogP contribution < -0.4 is 5.73 Å². The number of halogens is 1. The van der Waals surface area contributed by atoms with Crippen LogP contribution in [0.1, 0.15) is 36.0 Å². The minimum atomic E-state index is -1.32. The van der Waals surface area contributed by atoms with Gasteiger partial charge in [-0.15, -0.1) is 0 Å². The predicted molar refractivity (Wildman–Crippen MR) is 117 cm³/mol. The molecule has 0 amide bonds. The van der Waals surface area contributed by atoms with Gasteiger partial charge in [-0.25, -0.2) is 0 Å². The number of aliphatic hydroxyl groups is 2. The van der Waals surface area contributed by atoms with Crippen LogP contribution in [0.25, 0.3) is 21.9 Å². The second-order valence-corrected chi connectivity index (χ2v) is 7.85. The van der Waals surface area contributed by atoms with Crippen molar-refractivity contribution in [3.63, 3.8) is 0 Å². The SMILES string of the molecule is CCCc1cc(Cl)c2oc(C#Cc3ccc4oc(C(N)(CO)CO)cc4c3)cc2c1. The van der Waals surface area contributed by atoms with E-state index in [0.717, 1.165) is 29.2 Å². The number of aliphatic hydroxyl groups excluding tert-OH is 2. The van der Waals surface area contributed by atoms with Crippen molar-refractivity contribution in [1.29, 1.82) is 0 Å². The lowest BCUT2D eigenvalue weighted by Crippen LogP contribution is -2.43. The zero-order valence-electron chi connectivity index (χ0n) is 16.5. The average molecular weight is 424 g/mol. The number of aryl methyl sites for hydroxylation is 1. The van der Waals surface area contributed by atoms with Crippen LogP contribution in [0.15, 0.2) is 51.3 Å². The van der Waals surface area contributed by atoms with Crippen LogP contribution in [0, 0.1) is 11.8 Å². The molecule has 0 saturated heterocycles. The number of fused-ring (bicyclic) bond motifs is 2. The van der Waals surface area contributed by atoms with Crippen molar-refractivity contribution < 1.29 is 19.0 Å². The molecule has 4 N–H and O–H groups in total. The van der Waals surface area contributed by atoms with Crippen molar-refractivity contribution in [2.75, 3.05) is 13.2 Å². The Morgan fingerprint density at radius 2 is 1.80 bits per heavy atom. The smallest absolute Gasteiger partial charge is 0.178 e. The van der Waals surface area contributed by atoms with Crippen LogP contribution in [0.3, 0.4) is 0 Å². The van der Waals surface area contributed by atoms with Crippen molar-refractivity contribution in [3.05, 3.63) is 70.1 Å². The quantitative estimate of drug-likeness (QED) is 0.415. The van der Waals surface area contributed by atoms with Gasteiger partial charge in [-0.1, -0.05) is 30.9 Å². The molecule has 4 aromatic rings. The highest BCUT2D eigenvalue weighted by molar-refractivity contribution is 6.34. The molecule has 0 bridgehead atoms. The second kappa shape index (κ2) is 8.17. The summed E-state index contributed by atoms with van der Waals surface area (Å²) >= 11 is 6.36. The van der Waals surface area contributed by atoms with Gasteiger partial charge in [0.2, 0.25) is 0 Å². The van der Waals surface area contributed by atoms with Gasteiger partial charge in [-0.3, -0.25) is 0 Å². The summed E-state index contributed by atoms with van der Waals surface area (Å²) in [4.78, 5) is 0. The minimum absolute atomic E-state index is 0.322. The summed E-state index contributed by atoms with van der Waals surface area (Å²) in [5.74, 6) is 6.99. The molecule has 0 aliphatic rings. The second-order valence-electron chi connectivity index (χ2n) is 7.44. The Bertz CT molecular complexity index is 1270. The largest absolute Gasteiger partial charge is 0.459 e. The molecule has 2 aromatic heterocycles.